The molecule has 0 saturated heterocycles. The van der Waals surface area contributed by atoms with Gasteiger partial charge >= 0.3 is 11.9 Å². The number of aliphatic hydroxyl groups is 2. The molecule has 0 fully saturated rings. The Morgan fingerprint density at radius 3 is 1.84 bits per heavy atom. The van der Waals surface area contributed by atoms with Crippen molar-refractivity contribution < 1.29 is 49.2 Å². The van der Waals surface area contributed by atoms with Crippen LogP contribution in [0.25, 0.3) is 0 Å². The average molecular weight is 463 g/mol. The van der Waals surface area contributed by atoms with Gasteiger partial charge in [-0.2, -0.15) is 0 Å². The van der Waals surface area contributed by atoms with Gasteiger partial charge in [-0.1, -0.05) is 0 Å². The van der Waals surface area contributed by atoms with Crippen LogP contribution in [0.3, 0.4) is 0 Å². The highest BCUT2D eigenvalue weighted by molar-refractivity contribution is 5.94. The molecular weight excluding hydrogens is 434 g/mol. The fourth-order valence-electron chi connectivity index (χ4n) is 2.35. The van der Waals surface area contributed by atoms with Crippen LogP contribution >= 0.6 is 0 Å². The lowest BCUT2D eigenvalue weighted by Crippen LogP contribution is -2.60. The van der Waals surface area contributed by atoms with E-state index in [-0.39, 0.29) is 12.8 Å². The molecule has 0 aromatic rings. The Kier molecular flexibility index (Phi) is 12.5. The lowest BCUT2D eigenvalue weighted by atomic mass is 10.1. The molecule has 0 aromatic heterocycles. The zero-order valence-electron chi connectivity index (χ0n) is 17.3. The van der Waals surface area contributed by atoms with E-state index in [4.69, 9.17) is 26.8 Å². The second-order valence-corrected chi connectivity index (χ2v) is 6.91. The molecule has 4 amide bonds. The van der Waals surface area contributed by atoms with E-state index in [0.717, 1.165) is 6.92 Å². The predicted octanol–water partition coefficient (Wildman–Crippen LogP) is -4.64. The Bertz CT molecular complexity index is 714. The Labute approximate surface area is 182 Å². The van der Waals surface area contributed by atoms with Crippen LogP contribution in [0.1, 0.15) is 32.6 Å². The molecule has 0 spiro atoms. The van der Waals surface area contributed by atoms with E-state index in [9.17, 15) is 33.9 Å². The highest BCUT2D eigenvalue weighted by Gasteiger charge is 2.32. The van der Waals surface area contributed by atoms with E-state index >= 15 is 0 Å². The SMILES string of the molecule is CC(O)C(NC(=O)C(N)CCC(N)=O)C(=O)NC(CCC(=O)O)C(=O)NC(CO)C(=O)O. The lowest BCUT2D eigenvalue weighted by Gasteiger charge is -2.26. The van der Waals surface area contributed by atoms with Crippen molar-refractivity contribution in [3.05, 3.63) is 0 Å². The van der Waals surface area contributed by atoms with Gasteiger partial charge in [-0.25, -0.2) is 4.79 Å². The van der Waals surface area contributed by atoms with Crippen LogP contribution in [-0.4, -0.2) is 92.9 Å². The van der Waals surface area contributed by atoms with Gasteiger partial charge in [0.25, 0.3) is 0 Å². The summed E-state index contributed by atoms with van der Waals surface area (Å²) in [5.74, 6) is -6.66. The molecule has 0 aliphatic heterocycles. The van der Waals surface area contributed by atoms with E-state index in [1.807, 2.05) is 5.32 Å². The summed E-state index contributed by atoms with van der Waals surface area (Å²) in [6.07, 6.45) is -2.85. The van der Waals surface area contributed by atoms with Gasteiger partial charge in [0.2, 0.25) is 23.6 Å². The van der Waals surface area contributed by atoms with E-state index in [1.165, 1.54) is 0 Å². The van der Waals surface area contributed by atoms with Crippen LogP contribution in [0.2, 0.25) is 0 Å². The number of aliphatic carboxylic acids is 2. The molecule has 0 rings (SSSR count). The molecule has 11 N–H and O–H groups in total. The number of carboxylic acid groups (broad SMARTS) is 2. The summed E-state index contributed by atoms with van der Waals surface area (Å²) < 4.78 is 0. The number of primary amides is 1. The van der Waals surface area contributed by atoms with Crippen molar-refractivity contribution in [3.63, 3.8) is 0 Å². The van der Waals surface area contributed by atoms with Gasteiger partial charge in [0.15, 0.2) is 0 Å². The van der Waals surface area contributed by atoms with Crippen molar-refractivity contribution in [2.75, 3.05) is 6.61 Å². The summed E-state index contributed by atoms with van der Waals surface area (Å²) in [5.41, 5.74) is 10.6. The van der Waals surface area contributed by atoms with Crippen molar-refractivity contribution in [1.82, 2.24) is 16.0 Å². The summed E-state index contributed by atoms with van der Waals surface area (Å²) in [6, 6.07) is -6.12. The molecule has 32 heavy (non-hydrogen) atoms. The Morgan fingerprint density at radius 1 is 0.844 bits per heavy atom. The van der Waals surface area contributed by atoms with Crippen LogP contribution < -0.4 is 27.4 Å². The highest BCUT2D eigenvalue weighted by atomic mass is 16.4. The first kappa shape index (κ1) is 28.7. The maximum absolute atomic E-state index is 12.6. The van der Waals surface area contributed by atoms with Gasteiger partial charge in [-0.15, -0.1) is 0 Å². The van der Waals surface area contributed by atoms with Gasteiger partial charge in [-0.05, 0) is 19.8 Å². The molecular formula is C17H29N5O10. The Balaban J connectivity index is 5.37. The number of carbonyl (C=O) groups is 6. The molecule has 0 aromatic carbocycles. The molecule has 15 heteroatoms. The number of aliphatic hydroxyl groups excluding tert-OH is 2. The average Bonchev–Trinajstić information content (AvgIpc) is 2.69. The van der Waals surface area contributed by atoms with Crippen LogP contribution in [0.15, 0.2) is 0 Å². The number of rotatable bonds is 15. The number of carboxylic acids is 2. The van der Waals surface area contributed by atoms with E-state index in [2.05, 4.69) is 10.6 Å². The van der Waals surface area contributed by atoms with Gasteiger partial charge < -0.3 is 47.8 Å². The lowest BCUT2D eigenvalue weighted by molar-refractivity contribution is -0.144. The largest absolute Gasteiger partial charge is 0.481 e. The van der Waals surface area contributed by atoms with Crippen molar-refractivity contribution in [3.8, 4) is 0 Å². The molecule has 0 heterocycles. The smallest absolute Gasteiger partial charge is 0.328 e. The predicted molar refractivity (Wildman–Crippen MR) is 105 cm³/mol. The van der Waals surface area contributed by atoms with E-state index < -0.39 is 85.3 Å². The van der Waals surface area contributed by atoms with Crippen molar-refractivity contribution in [2.45, 2.75) is 62.9 Å². The third-order valence-corrected chi connectivity index (χ3v) is 4.18. The fourth-order valence-corrected chi connectivity index (χ4v) is 2.35. The first-order valence-corrected chi connectivity index (χ1v) is 9.48. The summed E-state index contributed by atoms with van der Waals surface area (Å²) in [6.45, 7) is 0.189. The quantitative estimate of drug-likeness (QED) is 0.111. The minimum Gasteiger partial charge on any atom is -0.481 e. The van der Waals surface area contributed by atoms with E-state index in [1.54, 1.807) is 0 Å². The molecule has 5 atom stereocenters. The Morgan fingerprint density at radius 2 is 1.41 bits per heavy atom. The Hall–Kier alpha value is -3.30. The van der Waals surface area contributed by atoms with Gasteiger partial charge in [0.1, 0.15) is 18.1 Å². The number of carbonyl (C=O) groups excluding carboxylic acids is 4. The summed E-state index contributed by atoms with van der Waals surface area (Å²) in [4.78, 5) is 69.7. The molecule has 5 unspecified atom stereocenters. The second kappa shape index (κ2) is 13.9. The monoisotopic (exact) mass is 463 g/mol. The maximum Gasteiger partial charge on any atom is 0.328 e. The van der Waals surface area contributed by atoms with Gasteiger partial charge in [-0.3, -0.25) is 24.0 Å². The number of nitrogens with one attached hydrogen (secondary N) is 3. The third kappa shape index (κ3) is 10.6. The van der Waals surface area contributed by atoms with Crippen molar-refractivity contribution in [1.29, 1.82) is 0 Å². The normalized spacial score (nSPS) is 15.4. The molecule has 0 saturated carbocycles. The minimum atomic E-state index is -1.71. The third-order valence-electron chi connectivity index (χ3n) is 4.18. The highest BCUT2D eigenvalue weighted by Crippen LogP contribution is 2.03. The van der Waals surface area contributed by atoms with Crippen molar-refractivity contribution in [2.24, 2.45) is 11.5 Å². The minimum absolute atomic E-state index is 0.128. The van der Waals surface area contributed by atoms with E-state index in [0.29, 0.717) is 0 Å². The second-order valence-electron chi connectivity index (χ2n) is 6.91. The summed E-state index contributed by atoms with van der Waals surface area (Å²) in [7, 11) is 0. The van der Waals surface area contributed by atoms with Crippen LogP contribution in [-0.2, 0) is 28.8 Å². The molecule has 0 aliphatic rings. The van der Waals surface area contributed by atoms with Crippen LogP contribution in [0.4, 0.5) is 0 Å². The molecule has 0 aliphatic carbocycles. The summed E-state index contributed by atoms with van der Waals surface area (Å²) in [5, 5.41) is 42.9. The number of amides is 4. The van der Waals surface area contributed by atoms with Gasteiger partial charge in [0.05, 0.1) is 18.8 Å². The first-order chi connectivity index (χ1) is 14.8. The number of hydrogen-bond acceptors (Lipinski definition) is 9. The van der Waals surface area contributed by atoms with Crippen LogP contribution in [0.5, 0.6) is 0 Å². The fraction of sp³-hybridized carbons (Fsp3) is 0.647. The summed E-state index contributed by atoms with van der Waals surface area (Å²) >= 11 is 0. The maximum atomic E-state index is 12.6. The zero-order valence-corrected chi connectivity index (χ0v) is 17.3. The van der Waals surface area contributed by atoms with Gasteiger partial charge in [0, 0.05) is 12.8 Å². The molecule has 182 valence electrons. The number of nitrogens with two attached hydrogens (primary N) is 2. The van der Waals surface area contributed by atoms with Crippen LogP contribution in [0, 0.1) is 0 Å². The van der Waals surface area contributed by atoms with Crippen molar-refractivity contribution >= 4 is 35.6 Å². The molecule has 0 bridgehead atoms. The number of hydrogen-bond donors (Lipinski definition) is 9. The molecule has 15 nitrogen and oxygen atoms in total. The topological polar surface area (TPSA) is 271 Å². The molecule has 0 radical (unpaired) electrons. The first-order valence-electron chi connectivity index (χ1n) is 9.48. The zero-order chi connectivity index (χ0) is 25.0. The standard InChI is InChI=1S/C17H29N5O10/c1-7(24)13(22-14(28)8(18)2-4-11(19)25)16(30)20-9(3-5-12(26)27)15(29)21-10(6-23)17(31)32/h7-10,13,23-24H,2-6,18H2,1H3,(H2,19,25)(H,20,30)(H,21,29)(H,22,28)(H,26,27)(H,31,32).